The number of halogens is 1. The van der Waals surface area contributed by atoms with Crippen molar-refractivity contribution < 1.29 is 14.8 Å². The number of carbonyl (C=O) groups is 1. The van der Waals surface area contributed by atoms with Crippen LogP contribution in [0, 0.1) is 10.1 Å². The van der Waals surface area contributed by atoms with Gasteiger partial charge in [0.25, 0.3) is 5.69 Å². The van der Waals surface area contributed by atoms with Crippen LogP contribution in [0.5, 0.6) is 0 Å². The van der Waals surface area contributed by atoms with Gasteiger partial charge in [-0.1, -0.05) is 29.8 Å². The number of hydrogen-bond donors (Lipinski definition) is 2. The van der Waals surface area contributed by atoms with E-state index in [1.165, 1.54) is 18.2 Å². The van der Waals surface area contributed by atoms with Crippen molar-refractivity contribution in [2.45, 2.75) is 0 Å². The minimum Gasteiger partial charge on any atom is -0.395 e. The average molecular weight is 350 g/mol. The maximum Gasteiger partial charge on any atom is 0.289 e. The lowest BCUT2D eigenvalue weighted by molar-refractivity contribution is -0.384. The van der Waals surface area contributed by atoms with Crippen LogP contribution in [0.4, 0.5) is 17.1 Å². The zero-order valence-corrected chi connectivity index (χ0v) is 13.4. The van der Waals surface area contributed by atoms with E-state index in [2.05, 4.69) is 5.32 Å². The number of anilines is 2. The SMILES string of the molecule is O=C(CN(CCO)c1ccccc1)Nc1ccc(Cl)c([N+](=O)[O-])c1. The topological polar surface area (TPSA) is 95.7 Å². The van der Waals surface area contributed by atoms with E-state index in [0.29, 0.717) is 0 Å². The van der Waals surface area contributed by atoms with E-state index in [1.54, 1.807) is 4.90 Å². The molecule has 7 nitrogen and oxygen atoms in total. The second-order valence-electron chi connectivity index (χ2n) is 4.95. The number of hydrogen-bond acceptors (Lipinski definition) is 5. The Morgan fingerprint density at radius 2 is 1.96 bits per heavy atom. The molecule has 0 atom stereocenters. The first kappa shape index (κ1) is 17.7. The van der Waals surface area contributed by atoms with Gasteiger partial charge in [0.15, 0.2) is 0 Å². The van der Waals surface area contributed by atoms with Crippen molar-refractivity contribution in [1.82, 2.24) is 0 Å². The Kier molecular flexibility index (Phi) is 6.11. The molecule has 1 amide bonds. The lowest BCUT2D eigenvalue weighted by atomic mass is 10.2. The van der Waals surface area contributed by atoms with Crippen LogP contribution in [0.3, 0.4) is 0 Å². The lowest BCUT2D eigenvalue weighted by Gasteiger charge is -2.23. The normalized spacial score (nSPS) is 10.2. The standard InChI is InChI=1S/C16H16ClN3O4/c17-14-7-6-12(10-15(14)20(23)24)18-16(22)11-19(8-9-21)13-4-2-1-3-5-13/h1-7,10,21H,8-9,11H2,(H,18,22). The predicted octanol–water partition coefficient (Wildman–Crippen LogP) is 2.69. The molecule has 2 aromatic rings. The molecule has 0 unspecified atom stereocenters. The van der Waals surface area contributed by atoms with Crippen molar-refractivity contribution >= 4 is 34.6 Å². The number of nitro benzene ring substituents is 1. The number of carbonyl (C=O) groups excluding carboxylic acids is 1. The number of nitro groups is 1. The summed E-state index contributed by atoms with van der Waals surface area (Å²) in [4.78, 5) is 24.2. The van der Waals surface area contributed by atoms with Gasteiger partial charge >= 0.3 is 0 Å². The minimum atomic E-state index is -0.611. The molecule has 0 aliphatic carbocycles. The largest absolute Gasteiger partial charge is 0.395 e. The number of aliphatic hydroxyl groups excluding tert-OH is 1. The van der Waals surface area contributed by atoms with Crippen LogP contribution in [-0.4, -0.2) is 35.6 Å². The van der Waals surface area contributed by atoms with E-state index in [4.69, 9.17) is 16.7 Å². The van der Waals surface area contributed by atoms with E-state index in [0.717, 1.165) is 5.69 Å². The predicted molar refractivity (Wildman–Crippen MR) is 92.5 cm³/mol. The van der Waals surface area contributed by atoms with Gasteiger partial charge in [-0.25, -0.2) is 0 Å². The third kappa shape index (κ3) is 4.68. The van der Waals surface area contributed by atoms with Gasteiger partial charge in [0, 0.05) is 24.0 Å². The zero-order chi connectivity index (χ0) is 17.5. The van der Waals surface area contributed by atoms with E-state index in [1.807, 2.05) is 30.3 Å². The molecule has 0 saturated heterocycles. The molecule has 126 valence electrons. The molecule has 0 aliphatic rings. The fourth-order valence-electron chi connectivity index (χ4n) is 2.16. The van der Waals surface area contributed by atoms with Gasteiger partial charge in [0.1, 0.15) is 5.02 Å². The van der Waals surface area contributed by atoms with Gasteiger partial charge in [-0.05, 0) is 24.3 Å². The van der Waals surface area contributed by atoms with Gasteiger partial charge in [-0.2, -0.15) is 0 Å². The van der Waals surface area contributed by atoms with Crippen LogP contribution in [0.25, 0.3) is 0 Å². The fraction of sp³-hybridized carbons (Fsp3) is 0.188. The molecule has 2 N–H and O–H groups in total. The van der Waals surface area contributed by atoms with Gasteiger partial charge in [0.05, 0.1) is 18.1 Å². The average Bonchev–Trinajstić information content (AvgIpc) is 2.57. The minimum absolute atomic E-state index is 0.000989. The number of amides is 1. The molecule has 0 bridgehead atoms. The molecule has 0 saturated carbocycles. The highest BCUT2D eigenvalue weighted by atomic mass is 35.5. The molecule has 0 spiro atoms. The number of rotatable bonds is 7. The number of nitrogens with zero attached hydrogens (tertiary/aromatic N) is 2. The number of nitrogens with one attached hydrogen (secondary N) is 1. The third-order valence-electron chi connectivity index (χ3n) is 3.25. The molecule has 0 fully saturated rings. The van der Waals surface area contributed by atoms with E-state index < -0.39 is 4.92 Å². The Hall–Kier alpha value is -2.64. The quantitative estimate of drug-likeness (QED) is 0.592. The summed E-state index contributed by atoms with van der Waals surface area (Å²) in [6, 6.07) is 13.2. The van der Waals surface area contributed by atoms with E-state index >= 15 is 0 Å². The summed E-state index contributed by atoms with van der Waals surface area (Å²) >= 11 is 5.74. The molecular formula is C16H16ClN3O4. The Morgan fingerprint density at radius 3 is 2.58 bits per heavy atom. The van der Waals surface area contributed by atoms with E-state index in [9.17, 15) is 14.9 Å². The highest BCUT2D eigenvalue weighted by Crippen LogP contribution is 2.27. The van der Waals surface area contributed by atoms with Crippen LogP contribution in [0.15, 0.2) is 48.5 Å². The second-order valence-corrected chi connectivity index (χ2v) is 5.36. The van der Waals surface area contributed by atoms with Crippen molar-refractivity contribution in [3.63, 3.8) is 0 Å². The van der Waals surface area contributed by atoms with Gasteiger partial charge in [-0.3, -0.25) is 14.9 Å². The van der Waals surface area contributed by atoms with Gasteiger partial charge in [0.2, 0.25) is 5.91 Å². The summed E-state index contributed by atoms with van der Waals surface area (Å²) in [5.41, 5.74) is 0.807. The zero-order valence-electron chi connectivity index (χ0n) is 12.7. The lowest BCUT2D eigenvalue weighted by Crippen LogP contribution is -2.35. The van der Waals surface area contributed by atoms with Crippen LogP contribution in [-0.2, 0) is 4.79 Å². The summed E-state index contributed by atoms with van der Waals surface area (Å²) in [5.74, 6) is -0.357. The van der Waals surface area contributed by atoms with Crippen LogP contribution >= 0.6 is 11.6 Å². The summed E-state index contributed by atoms with van der Waals surface area (Å²) in [5, 5.41) is 22.6. The molecular weight excluding hydrogens is 334 g/mol. The smallest absolute Gasteiger partial charge is 0.289 e. The summed E-state index contributed by atoms with van der Waals surface area (Å²) in [6.07, 6.45) is 0. The van der Waals surface area contributed by atoms with Crippen LogP contribution in [0.2, 0.25) is 5.02 Å². The van der Waals surface area contributed by atoms with Crippen molar-refractivity contribution in [3.05, 3.63) is 63.7 Å². The van der Waals surface area contributed by atoms with E-state index in [-0.39, 0.29) is 42.0 Å². The summed E-state index contributed by atoms with van der Waals surface area (Å²) in [7, 11) is 0. The first-order valence-electron chi connectivity index (χ1n) is 7.16. The fourth-order valence-corrected chi connectivity index (χ4v) is 2.35. The molecule has 0 heterocycles. The highest BCUT2D eigenvalue weighted by molar-refractivity contribution is 6.32. The summed E-state index contributed by atoms with van der Waals surface area (Å²) in [6.45, 7) is 0.188. The monoisotopic (exact) mass is 349 g/mol. The third-order valence-corrected chi connectivity index (χ3v) is 3.57. The first-order valence-corrected chi connectivity index (χ1v) is 7.53. The van der Waals surface area contributed by atoms with Crippen molar-refractivity contribution in [2.75, 3.05) is 29.9 Å². The van der Waals surface area contributed by atoms with Gasteiger partial charge in [-0.15, -0.1) is 0 Å². The Balaban J connectivity index is 2.09. The van der Waals surface area contributed by atoms with Crippen molar-refractivity contribution in [2.24, 2.45) is 0 Å². The Labute approximate surface area is 143 Å². The van der Waals surface area contributed by atoms with Crippen molar-refractivity contribution in [3.8, 4) is 0 Å². The molecule has 0 aliphatic heterocycles. The Morgan fingerprint density at radius 1 is 1.25 bits per heavy atom. The Bertz CT molecular complexity index is 725. The number of benzene rings is 2. The second kappa shape index (κ2) is 8.28. The van der Waals surface area contributed by atoms with Gasteiger partial charge < -0.3 is 15.3 Å². The van der Waals surface area contributed by atoms with Crippen LogP contribution in [0.1, 0.15) is 0 Å². The van der Waals surface area contributed by atoms with Crippen molar-refractivity contribution in [1.29, 1.82) is 0 Å². The maximum absolute atomic E-state index is 12.2. The number of para-hydroxylation sites is 1. The molecule has 2 aromatic carbocycles. The summed E-state index contributed by atoms with van der Waals surface area (Å²) < 4.78 is 0. The molecule has 24 heavy (non-hydrogen) atoms. The molecule has 0 aromatic heterocycles. The first-order chi connectivity index (χ1) is 11.5. The van der Waals surface area contributed by atoms with Crippen LogP contribution < -0.4 is 10.2 Å². The molecule has 0 radical (unpaired) electrons. The maximum atomic E-state index is 12.2. The highest BCUT2D eigenvalue weighted by Gasteiger charge is 2.15. The molecule has 8 heteroatoms. The molecule has 2 rings (SSSR count). The number of aliphatic hydroxyl groups is 1.